The zero-order valence-corrected chi connectivity index (χ0v) is 20.4. The number of nitrogens with zero attached hydrogens (tertiary/aromatic N) is 2. The largest absolute Gasteiger partial charge is 0.506 e. The van der Waals surface area contributed by atoms with Crippen molar-refractivity contribution in [1.29, 1.82) is 0 Å². The SMILES string of the molecule is CCCN(Cc1ccccc1)Cc1ccc(C=NNC(=O)c2ccc(O)c(Cl)c2)c2ccccc12. The van der Waals surface area contributed by atoms with E-state index in [4.69, 9.17) is 11.6 Å². The number of hydrazone groups is 1. The van der Waals surface area contributed by atoms with Gasteiger partial charge in [0.15, 0.2) is 0 Å². The topological polar surface area (TPSA) is 64.9 Å². The number of phenols is 1. The Balaban J connectivity index is 1.53. The van der Waals surface area contributed by atoms with Gasteiger partial charge < -0.3 is 5.11 Å². The van der Waals surface area contributed by atoms with Gasteiger partial charge in [0.05, 0.1) is 11.2 Å². The van der Waals surface area contributed by atoms with E-state index in [9.17, 15) is 9.90 Å². The number of aromatic hydroxyl groups is 1. The fourth-order valence-corrected chi connectivity index (χ4v) is 4.30. The lowest BCUT2D eigenvalue weighted by atomic mass is 9.99. The molecular formula is C29H28ClN3O2. The maximum atomic E-state index is 12.4. The van der Waals surface area contributed by atoms with Crippen molar-refractivity contribution in [2.75, 3.05) is 6.54 Å². The molecule has 35 heavy (non-hydrogen) atoms. The number of benzene rings is 4. The van der Waals surface area contributed by atoms with E-state index in [1.54, 1.807) is 6.21 Å². The third kappa shape index (κ3) is 6.27. The number of amides is 1. The summed E-state index contributed by atoms with van der Waals surface area (Å²) in [6, 6.07) is 27.3. The van der Waals surface area contributed by atoms with Crippen molar-refractivity contribution in [1.82, 2.24) is 10.3 Å². The number of phenolic OH excluding ortho intramolecular Hbond substituents is 1. The molecule has 0 saturated carbocycles. The first-order valence-electron chi connectivity index (χ1n) is 11.6. The molecule has 0 spiro atoms. The highest BCUT2D eigenvalue weighted by Gasteiger charge is 2.11. The summed E-state index contributed by atoms with van der Waals surface area (Å²) in [5.41, 5.74) is 6.33. The Labute approximate surface area is 210 Å². The quantitative estimate of drug-likeness (QED) is 0.214. The zero-order valence-electron chi connectivity index (χ0n) is 19.6. The number of halogens is 1. The number of hydrogen-bond acceptors (Lipinski definition) is 4. The highest BCUT2D eigenvalue weighted by atomic mass is 35.5. The monoisotopic (exact) mass is 485 g/mol. The van der Waals surface area contributed by atoms with Crippen LogP contribution >= 0.6 is 11.6 Å². The first-order valence-corrected chi connectivity index (χ1v) is 12.0. The average molecular weight is 486 g/mol. The number of carbonyl (C=O) groups excluding carboxylic acids is 1. The fraction of sp³-hybridized carbons (Fsp3) is 0.172. The third-order valence-electron chi connectivity index (χ3n) is 5.81. The van der Waals surface area contributed by atoms with E-state index >= 15 is 0 Å². The molecule has 0 fully saturated rings. The van der Waals surface area contributed by atoms with Crippen molar-refractivity contribution in [3.63, 3.8) is 0 Å². The summed E-state index contributed by atoms with van der Waals surface area (Å²) in [7, 11) is 0. The predicted molar refractivity (Wildman–Crippen MR) is 143 cm³/mol. The van der Waals surface area contributed by atoms with Crippen LogP contribution in [0.4, 0.5) is 0 Å². The van der Waals surface area contributed by atoms with Crippen molar-refractivity contribution >= 4 is 34.5 Å². The van der Waals surface area contributed by atoms with E-state index in [2.05, 4.69) is 64.8 Å². The number of rotatable bonds is 9. The van der Waals surface area contributed by atoms with Crippen molar-refractivity contribution < 1.29 is 9.90 Å². The van der Waals surface area contributed by atoms with E-state index in [1.165, 1.54) is 34.7 Å². The van der Waals surface area contributed by atoms with Crippen molar-refractivity contribution in [2.24, 2.45) is 5.10 Å². The molecule has 0 aliphatic heterocycles. The van der Waals surface area contributed by atoms with Crippen LogP contribution in [-0.4, -0.2) is 28.7 Å². The molecule has 4 aromatic rings. The standard InChI is InChI=1S/C29H28ClN3O2/c1-2-16-33(19-21-8-4-3-5-9-21)20-24-13-12-23(25-10-6-7-11-26(24)25)18-31-32-29(35)22-14-15-28(34)27(30)17-22/h3-15,17-18,34H,2,16,19-20H2,1H3,(H,32,35). The minimum absolute atomic E-state index is 0.0699. The van der Waals surface area contributed by atoms with Gasteiger partial charge in [-0.25, -0.2) is 5.43 Å². The molecular weight excluding hydrogens is 458 g/mol. The van der Waals surface area contributed by atoms with Gasteiger partial charge in [-0.15, -0.1) is 0 Å². The summed E-state index contributed by atoms with van der Waals surface area (Å²) in [6.45, 7) is 4.97. The normalized spacial score (nSPS) is 11.4. The number of hydrogen-bond donors (Lipinski definition) is 2. The van der Waals surface area contributed by atoms with E-state index in [0.29, 0.717) is 5.56 Å². The van der Waals surface area contributed by atoms with E-state index in [0.717, 1.165) is 37.0 Å². The highest BCUT2D eigenvalue weighted by Crippen LogP contribution is 2.25. The second-order valence-corrected chi connectivity index (χ2v) is 8.83. The van der Waals surface area contributed by atoms with E-state index in [1.807, 2.05) is 24.3 Å². The Kier molecular flexibility index (Phi) is 8.14. The molecule has 0 aliphatic carbocycles. The van der Waals surface area contributed by atoms with Gasteiger partial charge in [0.2, 0.25) is 0 Å². The van der Waals surface area contributed by atoms with Gasteiger partial charge in [0, 0.05) is 24.2 Å². The molecule has 0 atom stereocenters. The van der Waals surface area contributed by atoms with Crippen LogP contribution < -0.4 is 5.43 Å². The molecule has 6 heteroatoms. The van der Waals surface area contributed by atoms with Gasteiger partial charge >= 0.3 is 0 Å². The Hall–Kier alpha value is -3.67. The van der Waals surface area contributed by atoms with Gasteiger partial charge in [-0.3, -0.25) is 9.69 Å². The molecule has 4 aromatic carbocycles. The molecule has 0 bridgehead atoms. The second kappa shape index (κ2) is 11.6. The molecule has 1 amide bonds. The summed E-state index contributed by atoms with van der Waals surface area (Å²) in [5, 5.41) is 16.1. The smallest absolute Gasteiger partial charge is 0.271 e. The second-order valence-electron chi connectivity index (χ2n) is 8.42. The molecule has 0 heterocycles. The molecule has 4 rings (SSSR count). The van der Waals surface area contributed by atoms with Crippen molar-refractivity contribution in [3.05, 3.63) is 112 Å². The van der Waals surface area contributed by atoms with Crippen molar-refractivity contribution in [3.8, 4) is 5.75 Å². The highest BCUT2D eigenvalue weighted by molar-refractivity contribution is 6.32. The van der Waals surface area contributed by atoms with Crippen LogP contribution in [0, 0.1) is 0 Å². The van der Waals surface area contributed by atoms with Crippen LogP contribution in [0.15, 0.2) is 90.0 Å². The Bertz CT molecular complexity index is 1340. The average Bonchev–Trinajstić information content (AvgIpc) is 2.87. The molecule has 0 aromatic heterocycles. The van der Waals surface area contributed by atoms with Crippen LogP contribution in [0.25, 0.3) is 10.8 Å². The first kappa shape index (κ1) is 24.5. The third-order valence-corrected chi connectivity index (χ3v) is 6.11. The lowest BCUT2D eigenvalue weighted by Crippen LogP contribution is -2.23. The van der Waals surface area contributed by atoms with Gasteiger partial charge in [-0.05, 0) is 53.1 Å². The first-order chi connectivity index (χ1) is 17.0. The number of nitrogens with one attached hydrogen (secondary N) is 1. The maximum absolute atomic E-state index is 12.4. The molecule has 2 N–H and O–H groups in total. The van der Waals surface area contributed by atoms with Gasteiger partial charge in [-0.1, -0.05) is 85.3 Å². The Morgan fingerprint density at radius 1 is 0.971 bits per heavy atom. The Morgan fingerprint density at radius 3 is 2.46 bits per heavy atom. The lowest BCUT2D eigenvalue weighted by molar-refractivity contribution is 0.0955. The van der Waals surface area contributed by atoms with Gasteiger partial charge in [-0.2, -0.15) is 5.10 Å². The lowest BCUT2D eigenvalue weighted by Gasteiger charge is -2.23. The van der Waals surface area contributed by atoms with Crippen molar-refractivity contribution in [2.45, 2.75) is 26.4 Å². The molecule has 0 aliphatic rings. The maximum Gasteiger partial charge on any atom is 0.271 e. The van der Waals surface area contributed by atoms with Crippen LogP contribution in [0.3, 0.4) is 0 Å². The minimum Gasteiger partial charge on any atom is -0.506 e. The summed E-state index contributed by atoms with van der Waals surface area (Å²) < 4.78 is 0. The summed E-state index contributed by atoms with van der Waals surface area (Å²) in [6.07, 6.45) is 2.74. The summed E-state index contributed by atoms with van der Waals surface area (Å²) in [5.74, 6) is -0.472. The minimum atomic E-state index is -0.403. The molecule has 0 saturated heterocycles. The van der Waals surface area contributed by atoms with Crippen LogP contribution in [0.1, 0.15) is 40.4 Å². The van der Waals surface area contributed by atoms with Gasteiger partial charge in [0.1, 0.15) is 5.75 Å². The van der Waals surface area contributed by atoms with Gasteiger partial charge in [0.25, 0.3) is 5.91 Å². The van der Waals surface area contributed by atoms with E-state index in [-0.39, 0.29) is 10.8 Å². The van der Waals surface area contributed by atoms with E-state index < -0.39 is 5.91 Å². The predicted octanol–water partition coefficient (Wildman–Crippen LogP) is 6.37. The Morgan fingerprint density at radius 2 is 1.71 bits per heavy atom. The molecule has 0 unspecified atom stereocenters. The fourth-order valence-electron chi connectivity index (χ4n) is 4.12. The number of fused-ring (bicyclic) bond motifs is 1. The summed E-state index contributed by atoms with van der Waals surface area (Å²) in [4.78, 5) is 14.8. The number of carbonyl (C=O) groups is 1. The molecule has 178 valence electrons. The molecule has 0 radical (unpaired) electrons. The molecule has 5 nitrogen and oxygen atoms in total. The van der Waals surface area contributed by atoms with Crippen LogP contribution in [0.5, 0.6) is 5.75 Å². The van der Waals surface area contributed by atoms with Crippen LogP contribution in [0.2, 0.25) is 5.02 Å². The summed E-state index contributed by atoms with van der Waals surface area (Å²) >= 11 is 5.90. The van der Waals surface area contributed by atoms with Crippen LogP contribution in [-0.2, 0) is 13.1 Å². The zero-order chi connectivity index (χ0) is 24.6.